The Morgan fingerprint density at radius 1 is 1.03 bits per heavy atom. The van der Waals surface area contributed by atoms with Crippen molar-refractivity contribution in [1.82, 2.24) is 24.6 Å². The topological polar surface area (TPSA) is 88.4 Å². The summed E-state index contributed by atoms with van der Waals surface area (Å²) in [5, 5.41) is 5.13. The number of rotatable bonds is 5. The Morgan fingerprint density at radius 2 is 1.74 bits per heavy atom. The Hall–Kier alpha value is -3.76. The first-order valence-corrected chi connectivity index (χ1v) is 11.1. The summed E-state index contributed by atoms with van der Waals surface area (Å²) in [6, 6.07) is 8.38. The maximum absolute atomic E-state index is 12.9. The van der Waals surface area contributed by atoms with Gasteiger partial charge >= 0.3 is 6.18 Å². The van der Waals surface area contributed by atoms with E-state index in [-0.39, 0.29) is 35.9 Å². The molecule has 0 saturated carbocycles. The second kappa shape index (κ2) is 8.17. The quantitative estimate of drug-likeness (QED) is 0.519. The summed E-state index contributed by atoms with van der Waals surface area (Å²) in [4.78, 5) is 43.5. The first-order chi connectivity index (χ1) is 16.5. The number of pyridine rings is 1. The first kappa shape index (κ1) is 23.0. The number of Topliss-reactive ketones (excluding diaryl/α,β-unsaturated/α-hetero) is 1. The molecule has 8 nitrogen and oxygen atoms in total. The van der Waals surface area contributed by atoms with Crippen molar-refractivity contribution in [3.63, 3.8) is 0 Å². The molecule has 11 heteroatoms. The van der Waals surface area contributed by atoms with Gasteiger partial charge in [0.05, 0.1) is 5.52 Å². The summed E-state index contributed by atoms with van der Waals surface area (Å²) >= 11 is 0. The Labute approximate surface area is 198 Å². The number of benzene rings is 1. The van der Waals surface area contributed by atoms with Gasteiger partial charge in [0, 0.05) is 56.5 Å². The average molecular weight is 485 g/mol. The van der Waals surface area contributed by atoms with Crippen molar-refractivity contribution in [3.05, 3.63) is 59.5 Å². The molecule has 1 aromatic carbocycles. The second-order valence-corrected chi connectivity index (χ2v) is 9.35. The molecule has 2 saturated heterocycles. The maximum Gasteiger partial charge on any atom is 0.433 e. The largest absolute Gasteiger partial charge is 0.433 e. The van der Waals surface area contributed by atoms with Crippen molar-refractivity contribution in [3.8, 4) is 0 Å². The molecule has 2 aliphatic rings. The molecule has 0 unspecified atom stereocenters. The third kappa shape index (κ3) is 4.50. The lowest BCUT2D eigenvalue weighted by atomic mass is 9.73. The summed E-state index contributed by atoms with van der Waals surface area (Å²) in [7, 11) is 0. The molecule has 0 N–H and O–H groups in total. The minimum absolute atomic E-state index is 0.0338. The highest BCUT2D eigenvalue weighted by Crippen LogP contribution is 2.39. The molecule has 2 amide bonds. The van der Waals surface area contributed by atoms with Crippen molar-refractivity contribution in [1.29, 1.82) is 0 Å². The minimum Gasteiger partial charge on any atom is -0.341 e. The standard InChI is InChI=1S/C24H22F3N5O3/c1-15(33)30-11-23(12-30)13-31(14-23)22(35)10-32-9-17-7-16(5-6-18(17)29-32)8-20(34)19-3-2-4-21(28-19)24(25,26)27/h2-7,9H,8,10-14H2,1H3. The zero-order chi connectivity index (χ0) is 25.0. The predicted molar refractivity (Wildman–Crippen MR) is 118 cm³/mol. The molecule has 2 aromatic heterocycles. The van der Waals surface area contributed by atoms with Crippen molar-refractivity contribution >= 4 is 28.5 Å². The van der Waals surface area contributed by atoms with Gasteiger partial charge in [0.15, 0.2) is 5.78 Å². The lowest BCUT2D eigenvalue weighted by Crippen LogP contribution is -2.73. The second-order valence-electron chi connectivity index (χ2n) is 9.35. The van der Waals surface area contributed by atoms with E-state index >= 15 is 0 Å². The predicted octanol–water partition coefficient (Wildman–Crippen LogP) is 2.57. The van der Waals surface area contributed by atoms with E-state index in [1.54, 1.807) is 45.8 Å². The number of hydrogen-bond acceptors (Lipinski definition) is 5. The van der Waals surface area contributed by atoms with E-state index in [9.17, 15) is 27.6 Å². The summed E-state index contributed by atoms with van der Waals surface area (Å²) in [5.74, 6) is -0.532. The van der Waals surface area contributed by atoms with Gasteiger partial charge in [-0.2, -0.15) is 18.3 Å². The van der Waals surface area contributed by atoms with Crippen LogP contribution in [0.5, 0.6) is 0 Å². The molecular formula is C24H22F3N5O3. The minimum atomic E-state index is -4.62. The summed E-state index contributed by atoms with van der Waals surface area (Å²) < 4.78 is 40.2. The van der Waals surface area contributed by atoms with Crippen molar-refractivity contribution in [2.75, 3.05) is 26.2 Å². The number of aromatic nitrogens is 3. The number of halogens is 3. The number of fused-ring (bicyclic) bond motifs is 1. The van der Waals surface area contributed by atoms with Gasteiger partial charge in [0.25, 0.3) is 0 Å². The zero-order valence-corrected chi connectivity index (χ0v) is 18.9. The van der Waals surface area contributed by atoms with Crippen LogP contribution in [-0.4, -0.2) is 68.3 Å². The fourth-order valence-electron chi connectivity index (χ4n) is 4.71. The lowest BCUT2D eigenvalue weighted by molar-refractivity contribution is -0.167. The number of amides is 2. The average Bonchev–Trinajstić information content (AvgIpc) is 3.12. The SMILES string of the molecule is CC(=O)N1CC2(C1)CN(C(=O)Cn1cc3cc(CC(=O)c4cccc(C(F)(F)F)n4)ccc3n1)C2. The van der Waals surface area contributed by atoms with Crippen LogP contribution in [0.15, 0.2) is 42.6 Å². The number of alkyl halides is 3. The summed E-state index contributed by atoms with van der Waals surface area (Å²) in [5.41, 5.74) is -0.0658. The highest BCUT2D eigenvalue weighted by atomic mass is 19.4. The van der Waals surface area contributed by atoms with Crippen LogP contribution in [0.25, 0.3) is 10.9 Å². The smallest absolute Gasteiger partial charge is 0.341 e. The number of hydrogen-bond donors (Lipinski definition) is 0. The number of ketones is 1. The monoisotopic (exact) mass is 485 g/mol. The molecular weight excluding hydrogens is 463 g/mol. The fourth-order valence-corrected chi connectivity index (χ4v) is 4.71. The highest BCUT2D eigenvalue weighted by molar-refractivity contribution is 5.96. The molecule has 2 aliphatic heterocycles. The van der Waals surface area contributed by atoms with Gasteiger partial charge in [0.2, 0.25) is 11.8 Å². The van der Waals surface area contributed by atoms with Crippen molar-refractivity contribution in [2.24, 2.45) is 5.41 Å². The van der Waals surface area contributed by atoms with Gasteiger partial charge in [-0.3, -0.25) is 19.1 Å². The third-order valence-corrected chi connectivity index (χ3v) is 6.51. The Balaban J connectivity index is 1.21. The molecule has 0 atom stereocenters. The molecule has 0 aliphatic carbocycles. The zero-order valence-electron chi connectivity index (χ0n) is 18.9. The summed E-state index contributed by atoms with van der Waals surface area (Å²) in [6.07, 6.45) is -3.02. The first-order valence-electron chi connectivity index (χ1n) is 11.1. The van der Waals surface area contributed by atoms with Crippen LogP contribution in [0.3, 0.4) is 0 Å². The van der Waals surface area contributed by atoms with Crippen LogP contribution in [-0.2, 0) is 28.7 Å². The molecule has 4 heterocycles. The summed E-state index contributed by atoms with van der Waals surface area (Å²) in [6.45, 7) is 4.26. The molecule has 0 bridgehead atoms. The van der Waals surface area contributed by atoms with E-state index in [2.05, 4.69) is 10.1 Å². The van der Waals surface area contributed by atoms with E-state index in [0.717, 1.165) is 17.5 Å². The molecule has 182 valence electrons. The normalized spacial score (nSPS) is 16.8. The Bertz CT molecular complexity index is 1340. The fraction of sp³-hybridized carbons (Fsp3) is 0.375. The molecule has 1 spiro atoms. The van der Waals surface area contributed by atoms with Gasteiger partial charge < -0.3 is 9.80 Å². The van der Waals surface area contributed by atoms with E-state index in [0.29, 0.717) is 37.3 Å². The highest BCUT2D eigenvalue weighted by Gasteiger charge is 2.53. The van der Waals surface area contributed by atoms with Gasteiger partial charge in [-0.05, 0) is 29.8 Å². The van der Waals surface area contributed by atoms with Crippen molar-refractivity contribution in [2.45, 2.75) is 26.1 Å². The van der Waals surface area contributed by atoms with Gasteiger partial charge in [-0.15, -0.1) is 0 Å². The number of carbonyl (C=O) groups excluding carboxylic acids is 3. The van der Waals surface area contributed by atoms with Crippen LogP contribution in [0.1, 0.15) is 28.7 Å². The van der Waals surface area contributed by atoms with Gasteiger partial charge in [-0.1, -0.05) is 12.1 Å². The number of carbonyl (C=O) groups is 3. The van der Waals surface area contributed by atoms with E-state index < -0.39 is 17.7 Å². The lowest BCUT2D eigenvalue weighted by Gasteiger charge is -2.60. The number of likely N-dealkylation sites (tertiary alicyclic amines) is 2. The molecule has 0 radical (unpaired) electrons. The maximum atomic E-state index is 12.9. The number of nitrogens with zero attached hydrogens (tertiary/aromatic N) is 5. The van der Waals surface area contributed by atoms with E-state index in [1.165, 1.54) is 6.07 Å². The Morgan fingerprint density at radius 3 is 2.43 bits per heavy atom. The van der Waals surface area contributed by atoms with Crippen LogP contribution >= 0.6 is 0 Å². The van der Waals surface area contributed by atoms with Gasteiger partial charge in [-0.25, -0.2) is 4.98 Å². The molecule has 3 aromatic rings. The van der Waals surface area contributed by atoms with Crippen LogP contribution < -0.4 is 0 Å². The van der Waals surface area contributed by atoms with Gasteiger partial charge in [0.1, 0.15) is 17.9 Å². The molecule has 2 fully saturated rings. The molecule has 35 heavy (non-hydrogen) atoms. The Kier molecular flexibility index (Phi) is 5.37. The molecule has 5 rings (SSSR count). The van der Waals surface area contributed by atoms with Crippen LogP contribution in [0, 0.1) is 5.41 Å². The van der Waals surface area contributed by atoms with E-state index in [4.69, 9.17) is 0 Å². The van der Waals surface area contributed by atoms with Crippen molar-refractivity contribution < 1.29 is 27.6 Å². The van der Waals surface area contributed by atoms with Crippen LogP contribution in [0.2, 0.25) is 0 Å². The van der Waals surface area contributed by atoms with E-state index in [1.807, 2.05) is 0 Å². The van der Waals surface area contributed by atoms with Crippen LogP contribution in [0.4, 0.5) is 13.2 Å². The third-order valence-electron chi connectivity index (χ3n) is 6.51.